The summed E-state index contributed by atoms with van der Waals surface area (Å²) in [5.74, 6) is -0.846. The van der Waals surface area contributed by atoms with Crippen molar-refractivity contribution < 1.29 is 23.8 Å². The third-order valence-electron chi connectivity index (χ3n) is 8.04. The number of benzene rings is 4. The fourth-order valence-corrected chi connectivity index (χ4v) is 8.35. The molecule has 1 radical (unpaired) electrons. The monoisotopic (exact) mass is 627 g/mol. The molecule has 1 fully saturated rings. The number of rotatable bonds is 11. The molecule has 4 aromatic rings. The van der Waals surface area contributed by atoms with Crippen LogP contribution in [-0.4, -0.2) is 38.9 Å². The van der Waals surface area contributed by atoms with E-state index >= 15 is 0 Å². The molecule has 0 aliphatic carbocycles. The van der Waals surface area contributed by atoms with E-state index in [1.54, 1.807) is 0 Å². The van der Waals surface area contributed by atoms with Crippen LogP contribution in [0.3, 0.4) is 0 Å². The van der Waals surface area contributed by atoms with Crippen LogP contribution in [0.25, 0.3) is 0 Å². The van der Waals surface area contributed by atoms with Crippen molar-refractivity contribution in [3.8, 4) is 0 Å². The maximum Gasteiger partial charge on any atom is 0.303 e. The maximum absolute atomic E-state index is 11.4. The van der Waals surface area contributed by atoms with Crippen molar-refractivity contribution in [2.45, 2.75) is 58.5 Å². The molecule has 7 heteroatoms. The van der Waals surface area contributed by atoms with E-state index in [9.17, 15) is 9.90 Å². The summed E-state index contributed by atoms with van der Waals surface area (Å²) in [5.41, 5.74) is 2.65. The second-order valence-corrected chi connectivity index (χ2v) is 14.8. The van der Waals surface area contributed by atoms with Crippen molar-refractivity contribution in [2.75, 3.05) is 6.61 Å². The summed E-state index contributed by atoms with van der Waals surface area (Å²) < 4.78 is 20.6. The van der Waals surface area contributed by atoms with Gasteiger partial charge in [0, 0.05) is 22.9 Å². The minimum Gasteiger partial charge on any atom is -0.481 e. The Kier molecular flexibility index (Phi) is 10.7. The van der Waals surface area contributed by atoms with Gasteiger partial charge in [0.25, 0.3) is 9.04 Å². The lowest BCUT2D eigenvalue weighted by atomic mass is 9.79. The van der Waals surface area contributed by atoms with Crippen molar-refractivity contribution in [1.82, 2.24) is 0 Å². The second kappa shape index (κ2) is 14.7. The fraction of sp³-hybridized carbons (Fsp3) is 0.324. The maximum atomic E-state index is 11.4. The smallest absolute Gasteiger partial charge is 0.303 e. The zero-order valence-electron chi connectivity index (χ0n) is 25.5. The zero-order valence-corrected chi connectivity index (χ0v) is 27.2. The van der Waals surface area contributed by atoms with Crippen molar-refractivity contribution in [1.29, 1.82) is 0 Å². The normalized spacial score (nSPS) is 19.5. The molecular weight excluding hydrogens is 588 g/mol. The molecule has 1 aliphatic heterocycles. The minimum absolute atomic E-state index is 0.0428. The van der Waals surface area contributed by atoms with Crippen LogP contribution in [0.1, 0.15) is 50.2 Å². The minimum atomic E-state index is -1.65. The van der Waals surface area contributed by atoms with Gasteiger partial charge in [0.15, 0.2) is 6.29 Å². The molecule has 5 rings (SSSR count). The first-order valence-electron chi connectivity index (χ1n) is 15.1. The van der Waals surface area contributed by atoms with Gasteiger partial charge in [-0.2, -0.15) is 0 Å². The molecule has 1 saturated heterocycles. The number of aliphatic carboxylic acids is 1. The van der Waals surface area contributed by atoms with E-state index in [0.29, 0.717) is 24.5 Å². The average molecular weight is 628 g/mol. The standard InChI is InChI=1S/C37H40ClO5Si/c1-37(2,3)35(43-44(29-16-6-4-7-17-29)30-18-8-5-9-19-30)34-28(24-27-15-11-10-14-26(27)22-23-33(39)40)25-41-36(42-34)31-20-12-13-21-32(31)38/h4-21,28,34-36H,22-25H2,1-3H3,(H,39,40). The van der Waals surface area contributed by atoms with Crippen LogP contribution in [0.2, 0.25) is 5.02 Å². The summed E-state index contributed by atoms with van der Waals surface area (Å²) in [4.78, 5) is 11.4. The Morgan fingerprint density at radius 1 is 0.886 bits per heavy atom. The Morgan fingerprint density at radius 3 is 2.05 bits per heavy atom. The van der Waals surface area contributed by atoms with Crippen LogP contribution in [-0.2, 0) is 31.5 Å². The molecule has 229 valence electrons. The van der Waals surface area contributed by atoms with Crippen molar-refractivity contribution in [2.24, 2.45) is 11.3 Å². The van der Waals surface area contributed by atoms with E-state index in [2.05, 4.69) is 75.4 Å². The first kappa shape index (κ1) is 32.1. The first-order chi connectivity index (χ1) is 21.2. The Morgan fingerprint density at radius 2 is 1.45 bits per heavy atom. The van der Waals surface area contributed by atoms with Gasteiger partial charge in [-0.3, -0.25) is 4.79 Å². The van der Waals surface area contributed by atoms with Crippen molar-refractivity contribution in [3.63, 3.8) is 0 Å². The Bertz CT molecular complexity index is 1470. The molecule has 0 spiro atoms. The van der Waals surface area contributed by atoms with Crippen molar-refractivity contribution >= 4 is 37.0 Å². The van der Waals surface area contributed by atoms with E-state index < -0.39 is 21.3 Å². The molecule has 0 bridgehead atoms. The Balaban J connectivity index is 1.54. The van der Waals surface area contributed by atoms with Crippen LogP contribution in [0.5, 0.6) is 0 Å². The van der Waals surface area contributed by atoms with Gasteiger partial charge in [0.1, 0.15) is 0 Å². The summed E-state index contributed by atoms with van der Waals surface area (Å²) in [6, 6.07) is 36.6. The van der Waals surface area contributed by atoms with Crippen LogP contribution >= 0.6 is 11.6 Å². The number of hydrogen-bond acceptors (Lipinski definition) is 4. The SMILES string of the molecule is CC(C)(C)C(O[Si](c1ccccc1)c1ccccc1)C1OC(c2ccccc2Cl)OCC1Cc1ccccc1CCC(=O)O. The number of aryl methyl sites for hydroxylation is 1. The topological polar surface area (TPSA) is 65.0 Å². The van der Waals surface area contributed by atoms with E-state index in [1.165, 1.54) is 10.4 Å². The quantitative estimate of drug-likeness (QED) is 0.184. The van der Waals surface area contributed by atoms with Gasteiger partial charge >= 0.3 is 5.97 Å². The van der Waals surface area contributed by atoms with E-state index in [4.69, 9.17) is 25.5 Å². The molecule has 4 unspecified atom stereocenters. The largest absolute Gasteiger partial charge is 0.481 e. The second-order valence-electron chi connectivity index (χ2n) is 12.4. The molecule has 0 amide bonds. The third-order valence-corrected chi connectivity index (χ3v) is 10.6. The summed E-state index contributed by atoms with van der Waals surface area (Å²) in [7, 11) is -1.65. The van der Waals surface area contributed by atoms with Crippen LogP contribution in [0, 0.1) is 11.3 Å². The van der Waals surface area contributed by atoms with Gasteiger partial charge in [-0.1, -0.05) is 136 Å². The highest BCUT2D eigenvalue weighted by Gasteiger charge is 2.45. The molecular formula is C37H40ClO5Si. The number of carboxylic acid groups (broad SMARTS) is 1. The van der Waals surface area contributed by atoms with Crippen molar-refractivity contribution in [3.05, 3.63) is 131 Å². The van der Waals surface area contributed by atoms with Gasteiger partial charge in [-0.05, 0) is 45.8 Å². The molecule has 0 saturated carbocycles. The predicted molar refractivity (Wildman–Crippen MR) is 177 cm³/mol. The molecule has 44 heavy (non-hydrogen) atoms. The Labute approximate surface area is 267 Å². The lowest BCUT2D eigenvalue weighted by molar-refractivity contribution is -0.267. The number of ether oxygens (including phenoxy) is 2. The lowest BCUT2D eigenvalue weighted by Gasteiger charge is -2.46. The van der Waals surface area contributed by atoms with Gasteiger partial charge in [0.05, 0.1) is 18.8 Å². The highest BCUT2D eigenvalue weighted by molar-refractivity contribution is 6.80. The van der Waals surface area contributed by atoms with Gasteiger partial charge in [-0.25, -0.2) is 0 Å². The molecule has 1 aliphatic rings. The van der Waals surface area contributed by atoms with Crippen LogP contribution in [0.15, 0.2) is 109 Å². The molecule has 4 aromatic carbocycles. The molecule has 1 heterocycles. The summed E-state index contributed by atoms with van der Waals surface area (Å²) in [6.45, 7) is 7.06. The first-order valence-corrected chi connectivity index (χ1v) is 16.9. The van der Waals surface area contributed by atoms with Gasteiger partial charge < -0.3 is 19.0 Å². The highest BCUT2D eigenvalue weighted by Crippen LogP contribution is 2.40. The Hall–Kier alpha value is -3.26. The summed E-state index contributed by atoms with van der Waals surface area (Å²) in [6.07, 6.45) is -0.0250. The molecule has 5 nitrogen and oxygen atoms in total. The average Bonchev–Trinajstić information content (AvgIpc) is 3.02. The summed E-state index contributed by atoms with van der Waals surface area (Å²) >= 11 is 6.63. The van der Waals surface area contributed by atoms with Crippen LogP contribution < -0.4 is 10.4 Å². The van der Waals surface area contributed by atoms with E-state index in [-0.39, 0.29) is 30.0 Å². The van der Waals surface area contributed by atoms with Crippen LogP contribution in [0.4, 0.5) is 0 Å². The molecule has 4 atom stereocenters. The number of carbonyl (C=O) groups is 1. The van der Waals surface area contributed by atoms with Gasteiger partial charge in [0.2, 0.25) is 0 Å². The number of halogens is 1. The van der Waals surface area contributed by atoms with E-state index in [1.807, 2.05) is 54.6 Å². The zero-order chi connectivity index (χ0) is 31.1. The third kappa shape index (κ3) is 8.06. The van der Waals surface area contributed by atoms with E-state index in [0.717, 1.165) is 16.7 Å². The number of hydrogen-bond donors (Lipinski definition) is 1. The lowest BCUT2D eigenvalue weighted by Crippen LogP contribution is -2.57. The van der Waals surface area contributed by atoms with Gasteiger partial charge in [-0.15, -0.1) is 0 Å². The number of carboxylic acids is 1. The summed E-state index contributed by atoms with van der Waals surface area (Å²) in [5, 5.41) is 12.3. The predicted octanol–water partition coefficient (Wildman–Crippen LogP) is 6.87. The fourth-order valence-electron chi connectivity index (χ4n) is 5.79. The molecule has 1 N–H and O–H groups in total. The highest BCUT2D eigenvalue weighted by atomic mass is 35.5. The molecule has 0 aromatic heterocycles.